The number of carbonyl (C=O) groups is 1. The predicted octanol–water partition coefficient (Wildman–Crippen LogP) is 22.7. The Morgan fingerprint density at radius 2 is 0.713 bits per heavy atom. The zero-order valence-corrected chi connectivity index (χ0v) is 55.5. The highest BCUT2D eigenvalue weighted by Crippen LogP contribution is 2.43. The fourth-order valence-electron chi connectivity index (χ4n) is 11.1. The summed E-state index contributed by atoms with van der Waals surface area (Å²) in [5, 5.41) is 14.2. The van der Waals surface area contributed by atoms with E-state index in [0.717, 1.165) is 44.9 Å². The van der Waals surface area contributed by atoms with Crippen molar-refractivity contribution in [1.29, 1.82) is 0 Å². The van der Waals surface area contributed by atoms with Gasteiger partial charge in [-0.25, -0.2) is 4.57 Å². The Bertz CT molecular complexity index is 1350. The molecule has 0 radical (unpaired) electrons. The maximum atomic E-state index is 13.1. The zero-order chi connectivity index (χ0) is 58.4. The van der Waals surface area contributed by atoms with E-state index in [0.29, 0.717) is 23.9 Å². The van der Waals surface area contributed by atoms with Gasteiger partial charge in [-0.05, 0) is 44.9 Å². The monoisotopic (exact) mass is 1150 g/mol. The number of phosphoric ester groups is 1. The summed E-state index contributed by atoms with van der Waals surface area (Å²) in [6, 6.07) is -0.760. The van der Waals surface area contributed by atoms with Gasteiger partial charge in [0, 0.05) is 6.42 Å². The second-order valence-electron chi connectivity index (χ2n) is 26.0. The summed E-state index contributed by atoms with van der Waals surface area (Å²) in [6.07, 6.45) is 81.4. The normalized spacial score (nSPS) is 13.7. The minimum Gasteiger partial charge on any atom is -0.391 e. The van der Waals surface area contributed by atoms with Crippen molar-refractivity contribution >= 4 is 13.7 Å². The fraction of sp³-hybridized carbons (Fsp3) is 0.930. The van der Waals surface area contributed by atoms with Crippen molar-refractivity contribution in [3.63, 3.8) is 0 Å². The molecule has 9 heteroatoms. The lowest BCUT2D eigenvalue weighted by Gasteiger charge is -2.26. The van der Waals surface area contributed by atoms with Crippen LogP contribution in [0.25, 0.3) is 0 Å². The quantitative estimate of drug-likeness (QED) is 0.0243. The summed E-state index contributed by atoms with van der Waals surface area (Å²) in [4.78, 5) is 23.5. The van der Waals surface area contributed by atoms with Crippen LogP contribution in [0.1, 0.15) is 373 Å². The number of hydrogen-bond acceptors (Lipinski definition) is 5. The first kappa shape index (κ1) is 79.0. The van der Waals surface area contributed by atoms with Crippen LogP contribution in [-0.4, -0.2) is 73.4 Å². The second-order valence-corrected chi connectivity index (χ2v) is 27.4. The third kappa shape index (κ3) is 64.5. The summed E-state index contributed by atoms with van der Waals surface area (Å²) in [7, 11) is 1.64. The highest BCUT2D eigenvalue weighted by Gasteiger charge is 2.28. The van der Waals surface area contributed by atoms with Crippen molar-refractivity contribution in [1.82, 2.24) is 5.32 Å². The van der Waals surface area contributed by atoms with Gasteiger partial charge in [-0.2, -0.15) is 0 Å². The van der Waals surface area contributed by atoms with E-state index in [9.17, 15) is 19.4 Å². The summed E-state index contributed by atoms with van der Waals surface area (Å²) in [5.74, 6) is -0.136. The van der Waals surface area contributed by atoms with E-state index in [1.165, 1.54) is 302 Å². The minimum absolute atomic E-state index is 0.0776. The number of aliphatic hydroxyl groups excluding tert-OH is 1. The number of phosphoric acid groups is 1. The number of unbranched alkanes of at least 4 members (excludes halogenated alkanes) is 50. The number of carbonyl (C=O) groups excluding carboxylic acids is 1. The molecule has 0 fully saturated rings. The van der Waals surface area contributed by atoms with Crippen molar-refractivity contribution in [2.45, 2.75) is 386 Å². The van der Waals surface area contributed by atoms with Gasteiger partial charge < -0.3 is 19.8 Å². The number of quaternary nitrogens is 1. The Balaban J connectivity index is 3.99. The molecule has 0 saturated heterocycles. The molecule has 0 aromatic rings. The molecule has 8 nitrogen and oxygen atoms in total. The molecule has 0 rings (SSSR count). The van der Waals surface area contributed by atoms with Crippen molar-refractivity contribution < 1.29 is 32.9 Å². The number of hydrogen-bond donors (Lipinski definition) is 3. The highest BCUT2D eigenvalue weighted by molar-refractivity contribution is 7.47. The van der Waals surface area contributed by atoms with E-state index in [2.05, 4.69) is 43.5 Å². The number of aliphatic hydroxyl groups is 1. The van der Waals surface area contributed by atoms with Gasteiger partial charge in [0.25, 0.3) is 0 Å². The standard InChI is InChI=1S/C71H141N2O6P/c1-6-8-10-12-14-16-18-20-22-24-26-28-30-32-34-35-36-37-39-41-43-45-47-49-51-53-55-57-59-61-63-65-71(75)72-69(68-79-80(76,77)78-67-66-73(3,4)5)70(74)64-62-60-58-56-54-52-50-48-46-44-42-40-38-33-31-29-27-25-23-21-19-17-15-13-11-9-7-2/h18,20,24,26,69-70,74H,6-17,19,21-23,25,27-68H2,1-5H3,(H-,72,75,76,77)/p+1/b20-18-,26-24-. The van der Waals surface area contributed by atoms with Gasteiger partial charge in [0.1, 0.15) is 13.2 Å². The molecule has 1 amide bonds. The average Bonchev–Trinajstić information content (AvgIpc) is 3.42. The van der Waals surface area contributed by atoms with Crippen LogP contribution in [0.5, 0.6) is 0 Å². The molecule has 0 bridgehead atoms. The van der Waals surface area contributed by atoms with Crippen molar-refractivity contribution in [2.75, 3.05) is 40.9 Å². The van der Waals surface area contributed by atoms with Crippen LogP contribution < -0.4 is 5.32 Å². The summed E-state index contributed by atoms with van der Waals surface area (Å²) >= 11 is 0. The number of likely N-dealkylation sites (N-methyl/N-ethyl adjacent to an activating group) is 1. The highest BCUT2D eigenvalue weighted by atomic mass is 31.2. The molecule has 0 aliphatic rings. The molecule has 80 heavy (non-hydrogen) atoms. The van der Waals surface area contributed by atoms with Crippen molar-refractivity contribution in [2.24, 2.45) is 0 Å². The molecule has 3 N–H and O–H groups in total. The molecule has 0 saturated carbocycles. The number of amides is 1. The summed E-state index contributed by atoms with van der Waals surface area (Å²) < 4.78 is 23.9. The van der Waals surface area contributed by atoms with E-state index in [-0.39, 0.29) is 19.1 Å². The van der Waals surface area contributed by atoms with Crippen LogP contribution in [0.15, 0.2) is 24.3 Å². The predicted molar refractivity (Wildman–Crippen MR) is 351 cm³/mol. The Hall–Kier alpha value is -1.02. The number of nitrogens with zero attached hydrogens (tertiary/aromatic N) is 1. The van der Waals surface area contributed by atoms with E-state index >= 15 is 0 Å². The number of nitrogens with one attached hydrogen (secondary N) is 1. The van der Waals surface area contributed by atoms with Gasteiger partial charge >= 0.3 is 7.82 Å². The lowest BCUT2D eigenvalue weighted by atomic mass is 10.0. The molecule has 0 aromatic carbocycles. The molecule has 3 atom stereocenters. The van der Waals surface area contributed by atoms with Crippen LogP contribution in [0.3, 0.4) is 0 Å². The smallest absolute Gasteiger partial charge is 0.391 e. The van der Waals surface area contributed by atoms with Crippen LogP contribution in [-0.2, 0) is 18.4 Å². The first-order chi connectivity index (χ1) is 39.0. The summed E-state index contributed by atoms with van der Waals surface area (Å²) in [6.45, 7) is 4.94. The third-order valence-electron chi connectivity index (χ3n) is 16.7. The maximum Gasteiger partial charge on any atom is 0.472 e. The Kier molecular flexibility index (Phi) is 61.7. The molecule has 0 heterocycles. The van der Waals surface area contributed by atoms with Crippen LogP contribution in [0.4, 0.5) is 0 Å². The van der Waals surface area contributed by atoms with Crippen LogP contribution in [0, 0.1) is 0 Å². The van der Waals surface area contributed by atoms with E-state index in [1.54, 1.807) is 0 Å². The van der Waals surface area contributed by atoms with Crippen LogP contribution >= 0.6 is 7.82 Å². The summed E-state index contributed by atoms with van der Waals surface area (Å²) in [5.41, 5.74) is 0. The SMILES string of the molecule is CCCCCCC/C=C\C/C=C\CCCCCCCCCCCCCCCCCCCCCC(=O)NC(COP(=O)(O)OCC[N+](C)(C)C)C(O)CCCCCCCCCCCCCCCCCCCCCCCCCCCCC. The maximum absolute atomic E-state index is 13.1. The zero-order valence-electron chi connectivity index (χ0n) is 54.6. The van der Waals surface area contributed by atoms with E-state index in [1.807, 2.05) is 21.1 Å². The van der Waals surface area contributed by atoms with Crippen molar-refractivity contribution in [3.05, 3.63) is 24.3 Å². The number of allylic oxidation sites excluding steroid dienone is 4. The van der Waals surface area contributed by atoms with Crippen molar-refractivity contribution in [3.8, 4) is 0 Å². The second kappa shape index (κ2) is 62.5. The van der Waals surface area contributed by atoms with Gasteiger partial charge in [-0.1, -0.05) is 346 Å². The Morgan fingerprint density at radius 3 is 1.02 bits per heavy atom. The molecular formula is C71H142N2O6P+. The Labute approximate surface area is 500 Å². The van der Waals surface area contributed by atoms with Gasteiger partial charge in [-0.15, -0.1) is 0 Å². The lowest BCUT2D eigenvalue weighted by molar-refractivity contribution is -0.870. The molecule has 0 aliphatic carbocycles. The largest absolute Gasteiger partial charge is 0.472 e. The lowest BCUT2D eigenvalue weighted by Crippen LogP contribution is -2.46. The van der Waals surface area contributed by atoms with Gasteiger partial charge in [0.05, 0.1) is 39.9 Å². The first-order valence-electron chi connectivity index (χ1n) is 35.7. The first-order valence-corrected chi connectivity index (χ1v) is 37.2. The molecule has 3 unspecified atom stereocenters. The Morgan fingerprint density at radius 1 is 0.425 bits per heavy atom. The van der Waals surface area contributed by atoms with Gasteiger partial charge in [0.2, 0.25) is 5.91 Å². The van der Waals surface area contributed by atoms with Gasteiger partial charge in [0.15, 0.2) is 0 Å². The van der Waals surface area contributed by atoms with E-state index < -0.39 is 20.0 Å². The topological polar surface area (TPSA) is 105 Å². The third-order valence-corrected chi connectivity index (χ3v) is 17.7. The minimum atomic E-state index is -4.33. The molecular weight excluding hydrogens is 1010 g/mol. The average molecular weight is 1150 g/mol. The molecule has 0 aromatic heterocycles. The number of rotatable bonds is 67. The van der Waals surface area contributed by atoms with Crippen LogP contribution in [0.2, 0.25) is 0 Å². The molecule has 0 aliphatic heterocycles. The van der Waals surface area contributed by atoms with E-state index in [4.69, 9.17) is 9.05 Å². The van der Waals surface area contributed by atoms with Gasteiger partial charge in [-0.3, -0.25) is 13.8 Å². The molecule has 0 spiro atoms. The molecule has 476 valence electrons. The fourth-order valence-corrected chi connectivity index (χ4v) is 11.9.